The average Bonchev–Trinajstić information content (AvgIpc) is 2.86. The Kier molecular flexibility index (Phi) is 4.39. The summed E-state index contributed by atoms with van der Waals surface area (Å²) in [6, 6.07) is 3.47. The van der Waals surface area contributed by atoms with Crippen molar-refractivity contribution in [3.05, 3.63) is 30.2 Å². The van der Waals surface area contributed by atoms with Crippen LogP contribution in [-0.2, 0) is 10.2 Å². The third-order valence-electron chi connectivity index (χ3n) is 2.42. The minimum absolute atomic E-state index is 0.112. The van der Waals surface area contributed by atoms with Gasteiger partial charge in [-0.05, 0) is 6.07 Å². The molecule has 0 fully saturated rings. The number of carbonyl (C=O) groups is 1. The highest BCUT2D eigenvalue weighted by Crippen LogP contribution is 2.23. The van der Waals surface area contributed by atoms with Crippen LogP contribution in [0.1, 0.15) is 26.5 Å². The lowest BCUT2D eigenvalue weighted by atomic mass is 9.92. The first-order valence-electron chi connectivity index (χ1n) is 6.12. The van der Waals surface area contributed by atoms with Crippen LogP contribution in [0.5, 0.6) is 0 Å². The van der Waals surface area contributed by atoms with Crippen molar-refractivity contribution in [1.82, 2.24) is 15.1 Å². The molecule has 0 bridgehead atoms. The molecule has 0 aliphatic heterocycles. The van der Waals surface area contributed by atoms with Crippen molar-refractivity contribution in [2.24, 2.45) is 0 Å². The third-order valence-corrected chi connectivity index (χ3v) is 3.29. The number of nitrogens with one attached hydrogen (secondary N) is 1. The SMILES string of the molecule is CC(C)(C)c1cc(NC(=O)CSc2ncccn2)on1. The first kappa shape index (κ1) is 14.5. The second-order valence-corrected chi connectivity index (χ2v) is 6.14. The molecule has 6 nitrogen and oxygen atoms in total. The number of aromatic nitrogens is 3. The highest BCUT2D eigenvalue weighted by Gasteiger charge is 2.19. The lowest BCUT2D eigenvalue weighted by Crippen LogP contribution is -2.14. The quantitative estimate of drug-likeness (QED) is 0.689. The minimum Gasteiger partial charge on any atom is -0.338 e. The fourth-order valence-corrected chi connectivity index (χ4v) is 1.95. The van der Waals surface area contributed by atoms with Crippen molar-refractivity contribution in [2.75, 3.05) is 11.1 Å². The third kappa shape index (κ3) is 4.06. The number of thioether (sulfide) groups is 1. The molecular weight excluding hydrogens is 276 g/mol. The van der Waals surface area contributed by atoms with Crippen LogP contribution in [0.2, 0.25) is 0 Å². The Hall–Kier alpha value is -1.89. The Morgan fingerprint density at radius 3 is 2.65 bits per heavy atom. The van der Waals surface area contributed by atoms with E-state index in [4.69, 9.17) is 4.52 Å². The Labute approximate surface area is 121 Å². The molecule has 2 aromatic heterocycles. The van der Waals surface area contributed by atoms with Gasteiger partial charge in [0.15, 0.2) is 5.16 Å². The molecule has 0 saturated heterocycles. The van der Waals surface area contributed by atoms with Gasteiger partial charge in [-0.25, -0.2) is 9.97 Å². The molecular formula is C13H16N4O2S. The van der Waals surface area contributed by atoms with E-state index in [1.807, 2.05) is 20.8 Å². The van der Waals surface area contributed by atoms with Crippen LogP contribution in [0, 0.1) is 0 Å². The molecule has 106 valence electrons. The maximum Gasteiger partial charge on any atom is 0.237 e. The second kappa shape index (κ2) is 6.04. The maximum absolute atomic E-state index is 11.8. The average molecular weight is 292 g/mol. The van der Waals surface area contributed by atoms with E-state index in [0.29, 0.717) is 11.0 Å². The lowest BCUT2D eigenvalue weighted by molar-refractivity contribution is -0.113. The van der Waals surface area contributed by atoms with Gasteiger partial charge >= 0.3 is 0 Å². The van der Waals surface area contributed by atoms with E-state index in [2.05, 4.69) is 20.4 Å². The van der Waals surface area contributed by atoms with Gasteiger partial charge in [-0.2, -0.15) is 0 Å². The second-order valence-electron chi connectivity index (χ2n) is 5.19. The molecule has 0 atom stereocenters. The molecule has 20 heavy (non-hydrogen) atoms. The number of hydrogen-bond acceptors (Lipinski definition) is 6. The van der Waals surface area contributed by atoms with E-state index < -0.39 is 0 Å². The van der Waals surface area contributed by atoms with E-state index in [-0.39, 0.29) is 17.1 Å². The first-order valence-corrected chi connectivity index (χ1v) is 7.10. The largest absolute Gasteiger partial charge is 0.338 e. The summed E-state index contributed by atoms with van der Waals surface area (Å²) < 4.78 is 5.09. The number of nitrogens with zero attached hydrogens (tertiary/aromatic N) is 3. The van der Waals surface area contributed by atoms with Crippen molar-refractivity contribution in [3.63, 3.8) is 0 Å². The molecule has 1 N–H and O–H groups in total. The van der Waals surface area contributed by atoms with E-state index in [0.717, 1.165) is 5.69 Å². The fourth-order valence-electron chi connectivity index (χ4n) is 1.35. The number of anilines is 1. The topological polar surface area (TPSA) is 80.9 Å². The number of hydrogen-bond donors (Lipinski definition) is 1. The molecule has 2 rings (SSSR count). The van der Waals surface area contributed by atoms with Gasteiger partial charge in [-0.1, -0.05) is 37.7 Å². The van der Waals surface area contributed by atoms with Crippen LogP contribution >= 0.6 is 11.8 Å². The van der Waals surface area contributed by atoms with Gasteiger partial charge in [0.2, 0.25) is 11.8 Å². The Balaban J connectivity index is 1.87. The first-order chi connectivity index (χ1) is 9.45. The summed E-state index contributed by atoms with van der Waals surface area (Å²) in [5.74, 6) is 0.392. The molecule has 0 saturated carbocycles. The predicted octanol–water partition coefficient (Wildman–Crippen LogP) is 2.49. The van der Waals surface area contributed by atoms with Gasteiger partial charge in [-0.15, -0.1) is 0 Å². The molecule has 0 aliphatic rings. The maximum atomic E-state index is 11.8. The number of carbonyl (C=O) groups excluding carboxylic acids is 1. The van der Waals surface area contributed by atoms with Gasteiger partial charge in [0.25, 0.3) is 0 Å². The summed E-state index contributed by atoms with van der Waals surface area (Å²) in [6.45, 7) is 6.08. The zero-order chi connectivity index (χ0) is 14.6. The number of amides is 1. The zero-order valence-electron chi connectivity index (χ0n) is 11.6. The van der Waals surface area contributed by atoms with Crippen LogP contribution in [0.25, 0.3) is 0 Å². The normalized spacial score (nSPS) is 11.3. The van der Waals surface area contributed by atoms with Crippen molar-refractivity contribution in [2.45, 2.75) is 31.3 Å². The van der Waals surface area contributed by atoms with Gasteiger partial charge < -0.3 is 4.52 Å². The molecule has 2 heterocycles. The lowest BCUT2D eigenvalue weighted by Gasteiger charge is -2.12. The van der Waals surface area contributed by atoms with E-state index in [9.17, 15) is 4.79 Å². The van der Waals surface area contributed by atoms with Crippen LogP contribution in [0.15, 0.2) is 34.2 Å². The molecule has 0 aliphatic carbocycles. The minimum atomic E-state index is -0.181. The van der Waals surface area contributed by atoms with Crippen LogP contribution in [0.3, 0.4) is 0 Å². The van der Waals surface area contributed by atoms with Crippen molar-refractivity contribution in [1.29, 1.82) is 0 Å². The standard InChI is InChI=1S/C13H16N4O2S/c1-13(2,3)9-7-11(19-17-9)16-10(18)8-20-12-14-5-4-6-15-12/h4-7H,8H2,1-3H3,(H,16,18). The fraction of sp³-hybridized carbons (Fsp3) is 0.385. The monoisotopic (exact) mass is 292 g/mol. The Morgan fingerprint density at radius 2 is 2.05 bits per heavy atom. The highest BCUT2D eigenvalue weighted by molar-refractivity contribution is 7.99. The predicted molar refractivity (Wildman–Crippen MR) is 76.6 cm³/mol. The van der Waals surface area contributed by atoms with Crippen LogP contribution < -0.4 is 5.32 Å². The van der Waals surface area contributed by atoms with E-state index in [1.54, 1.807) is 24.5 Å². The van der Waals surface area contributed by atoms with Crippen molar-refractivity contribution < 1.29 is 9.32 Å². The number of rotatable bonds is 4. The molecule has 0 radical (unpaired) electrons. The highest BCUT2D eigenvalue weighted by atomic mass is 32.2. The molecule has 0 aromatic carbocycles. The van der Waals surface area contributed by atoms with Crippen molar-refractivity contribution in [3.8, 4) is 0 Å². The van der Waals surface area contributed by atoms with Crippen LogP contribution in [-0.4, -0.2) is 26.8 Å². The van der Waals surface area contributed by atoms with E-state index >= 15 is 0 Å². The molecule has 7 heteroatoms. The Morgan fingerprint density at radius 1 is 1.35 bits per heavy atom. The summed E-state index contributed by atoms with van der Waals surface area (Å²) in [4.78, 5) is 19.8. The molecule has 0 spiro atoms. The summed E-state index contributed by atoms with van der Waals surface area (Å²) in [7, 11) is 0. The summed E-state index contributed by atoms with van der Waals surface area (Å²) in [6.07, 6.45) is 3.28. The van der Waals surface area contributed by atoms with Crippen LogP contribution in [0.4, 0.5) is 5.88 Å². The Bertz CT molecular complexity index is 578. The summed E-state index contributed by atoms with van der Waals surface area (Å²) in [5, 5.41) is 7.16. The smallest absolute Gasteiger partial charge is 0.237 e. The van der Waals surface area contributed by atoms with Gasteiger partial charge in [0.1, 0.15) is 0 Å². The van der Waals surface area contributed by atoms with Gasteiger partial charge in [0.05, 0.1) is 11.4 Å². The van der Waals surface area contributed by atoms with Gasteiger partial charge in [-0.3, -0.25) is 10.1 Å². The zero-order valence-corrected chi connectivity index (χ0v) is 12.4. The molecule has 1 amide bonds. The van der Waals surface area contributed by atoms with Gasteiger partial charge in [0, 0.05) is 23.9 Å². The van der Waals surface area contributed by atoms with E-state index in [1.165, 1.54) is 11.8 Å². The molecule has 2 aromatic rings. The van der Waals surface area contributed by atoms with Crippen molar-refractivity contribution >= 4 is 23.6 Å². The summed E-state index contributed by atoms with van der Waals surface area (Å²) in [5.41, 5.74) is 0.686. The molecule has 0 unspecified atom stereocenters. The summed E-state index contributed by atoms with van der Waals surface area (Å²) >= 11 is 1.26.